The van der Waals surface area contributed by atoms with Gasteiger partial charge in [0.25, 0.3) is 0 Å². The molecule has 2 atom stereocenters. The van der Waals surface area contributed by atoms with Crippen LogP contribution < -0.4 is 0 Å². The molecule has 2 amide bonds. The Kier molecular flexibility index (Phi) is 4.24. The second-order valence-corrected chi connectivity index (χ2v) is 7.36. The van der Waals surface area contributed by atoms with Crippen molar-refractivity contribution in [3.63, 3.8) is 0 Å². The zero-order valence-corrected chi connectivity index (χ0v) is 14.7. The summed E-state index contributed by atoms with van der Waals surface area (Å²) < 4.78 is 4.67. The van der Waals surface area contributed by atoms with Crippen molar-refractivity contribution in [1.82, 2.24) is 25.1 Å². The molecule has 5 heterocycles. The van der Waals surface area contributed by atoms with E-state index in [1.807, 2.05) is 10.3 Å². The van der Waals surface area contributed by atoms with Crippen LogP contribution in [-0.2, 0) is 22.6 Å². The minimum Gasteiger partial charge on any atom is -0.339 e. The number of hydrogen-bond acceptors (Lipinski definition) is 7. The molecule has 2 aromatic rings. The predicted molar refractivity (Wildman–Crippen MR) is 88.5 cm³/mol. The third-order valence-corrected chi connectivity index (χ3v) is 5.66. The number of thiazole rings is 1. The molecule has 0 spiro atoms. The number of nitrogens with zero attached hydrogens (tertiary/aromatic N) is 5. The highest BCUT2D eigenvalue weighted by Gasteiger charge is 2.42. The van der Waals surface area contributed by atoms with Crippen molar-refractivity contribution in [2.45, 2.75) is 38.8 Å². The van der Waals surface area contributed by atoms with Gasteiger partial charge in [0.05, 0.1) is 30.1 Å². The number of carbonyl (C=O) groups excluding carboxylic acids is 2. The molecule has 0 N–H and O–H groups in total. The molecule has 8 nitrogen and oxygen atoms in total. The second kappa shape index (κ2) is 6.55. The summed E-state index contributed by atoms with van der Waals surface area (Å²) in [6, 6.07) is 0.0495. The number of piperidine rings is 1. The normalized spacial score (nSPS) is 23.2. The summed E-state index contributed by atoms with van der Waals surface area (Å²) >= 11 is 1.53. The van der Waals surface area contributed by atoms with Gasteiger partial charge >= 0.3 is 0 Å². The average molecular weight is 361 g/mol. The molecule has 0 unspecified atom stereocenters. The highest BCUT2D eigenvalue weighted by Crippen LogP contribution is 2.30. The lowest BCUT2D eigenvalue weighted by molar-refractivity contribution is -0.140. The first-order valence-electron chi connectivity index (χ1n) is 8.35. The highest BCUT2D eigenvalue weighted by atomic mass is 32.1. The van der Waals surface area contributed by atoms with Gasteiger partial charge in [0, 0.05) is 24.5 Å². The molecule has 2 bridgehead atoms. The minimum atomic E-state index is -0.127. The Labute approximate surface area is 148 Å². The molecular formula is C16H19N5O3S. The molecule has 9 heteroatoms. The van der Waals surface area contributed by atoms with Crippen LogP contribution in [0, 0.1) is 12.8 Å². The van der Waals surface area contributed by atoms with E-state index in [1.165, 1.54) is 11.3 Å². The molecule has 0 saturated carbocycles. The summed E-state index contributed by atoms with van der Waals surface area (Å²) in [5, 5.41) is 9.47. The predicted octanol–water partition coefficient (Wildman–Crippen LogP) is 1.03. The van der Waals surface area contributed by atoms with Gasteiger partial charge in [-0.15, -0.1) is 11.3 Å². The maximum Gasteiger partial charge on any atom is 0.228 e. The van der Waals surface area contributed by atoms with Gasteiger partial charge in [-0.1, -0.05) is 10.3 Å². The SMILES string of the molecule is Cc1nonc1CC(=O)N1C[C@@H]2CC[C@H](C1)N(Cc1cscn1)C2=O. The third kappa shape index (κ3) is 3.15. The lowest BCUT2D eigenvalue weighted by Crippen LogP contribution is -2.47. The lowest BCUT2D eigenvalue weighted by Gasteiger charge is -2.35. The Hall–Kier alpha value is -2.29. The average Bonchev–Trinajstić information content (AvgIpc) is 3.16. The van der Waals surface area contributed by atoms with Gasteiger partial charge in [0.15, 0.2) is 0 Å². The standard InChI is InChI=1S/C16H19N5O3S/c1-10-14(19-24-18-10)4-15(22)20-5-11-2-3-13(7-20)21(16(11)23)6-12-8-25-9-17-12/h8-9,11,13H,2-7H2,1H3/t11-,13+/m0/s1. The molecule has 3 fully saturated rings. The quantitative estimate of drug-likeness (QED) is 0.807. The van der Waals surface area contributed by atoms with E-state index in [4.69, 9.17) is 0 Å². The van der Waals surface area contributed by atoms with Gasteiger partial charge in [-0.05, 0) is 19.8 Å². The summed E-state index contributed by atoms with van der Waals surface area (Å²) in [7, 11) is 0. The molecule has 2 aromatic heterocycles. The zero-order valence-electron chi connectivity index (χ0n) is 13.9. The first-order chi connectivity index (χ1) is 12.1. The van der Waals surface area contributed by atoms with E-state index in [-0.39, 0.29) is 30.2 Å². The molecule has 3 aliphatic heterocycles. The molecule has 3 aliphatic rings. The number of carbonyl (C=O) groups is 2. The molecule has 5 rings (SSSR count). The van der Waals surface area contributed by atoms with Crippen molar-refractivity contribution in [1.29, 1.82) is 0 Å². The first-order valence-corrected chi connectivity index (χ1v) is 9.29. The van der Waals surface area contributed by atoms with Crippen LogP contribution in [0.5, 0.6) is 0 Å². The molecule has 0 aromatic carbocycles. The number of rotatable bonds is 4. The number of aromatic nitrogens is 3. The summed E-state index contributed by atoms with van der Waals surface area (Å²) in [5.74, 6) is -0.0179. The summed E-state index contributed by atoms with van der Waals surface area (Å²) in [4.78, 5) is 33.5. The van der Waals surface area contributed by atoms with Crippen molar-refractivity contribution in [3.05, 3.63) is 28.0 Å². The van der Waals surface area contributed by atoms with Crippen molar-refractivity contribution in [2.75, 3.05) is 13.1 Å². The fourth-order valence-corrected chi connectivity index (χ4v) is 4.16. The van der Waals surface area contributed by atoms with Crippen molar-refractivity contribution in [3.8, 4) is 0 Å². The van der Waals surface area contributed by atoms with E-state index in [1.54, 1.807) is 17.3 Å². The van der Waals surface area contributed by atoms with Crippen molar-refractivity contribution >= 4 is 23.2 Å². The Morgan fingerprint density at radius 2 is 2.24 bits per heavy atom. The Morgan fingerprint density at radius 1 is 1.36 bits per heavy atom. The van der Waals surface area contributed by atoms with Gasteiger partial charge in [0.2, 0.25) is 11.8 Å². The maximum atomic E-state index is 12.8. The van der Waals surface area contributed by atoms with E-state index in [9.17, 15) is 9.59 Å². The van der Waals surface area contributed by atoms with Crippen LogP contribution >= 0.6 is 11.3 Å². The Bertz CT molecular complexity index is 775. The summed E-state index contributed by atoms with van der Waals surface area (Å²) in [6.07, 6.45) is 1.93. The van der Waals surface area contributed by atoms with Gasteiger partial charge in [0.1, 0.15) is 11.4 Å². The first kappa shape index (κ1) is 16.2. The lowest BCUT2D eigenvalue weighted by atomic mass is 9.94. The maximum absolute atomic E-state index is 12.8. The Morgan fingerprint density at radius 3 is 2.96 bits per heavy atom. The third-order valence-electron chi connectivity index (χ3n) is 5.03. The van der Waals surface area contributed by atoms with E-state index in [2.05, 4.69) is 19.9 Å². The number of fused-ring (bicyclic) bond motifs is 4. The van der Waals surface area contributed by atoms with Crippen LogP contribution in [0.15, 0.2) is 15.5 Å². The summed E-state index contributed by atoms with van der Waals surface area (Å²) in [5.41, 5.74) is 3.88. The van der Waals surface area contributed by atoms with Gasteiger partial charge < -0.3 is 9.80 Å². The van der Waals surface area contributed by atoms with Crippen LogP contribution in [0.2, 0.25) is 0 Å². The smallest absolute Gasteiger partial charge is 0.228 e. The van der Waals surface area contributed by atoms with Crippen LogP contribution in [0.3, 0.4) is 0 Å². The monoisotopic (exact) mass is 361 g/mol. The van der Waals surface area contributed by atoms with E-state index >= 15 is 0 Å². The minimum absolute atomic E-state index is 0.0287. The second-order valence-electron chi connectivity index (χ2n) is 6.65. The van der Waals surface area contributed by atoms with Crippen LogP contribution in [0.25, 0.3) is 0 Å². The molecule has 3 saturated heterocycles. The van der Waals surface area contributed by atoms with Crippen LogP contribution in [0.4, 0.5) is 0 Å². The zero-order chi connectivity index (χ0) is 17.4. The largest absolute Gasteiger partial charge is 0.339 e. The summed E-state index contributed by atoms with van der Waals surface area (Å²) in [6.45, 7) is 3.34. The fourth-order valence-electron chi connectivity index (χ4n) is 3.61. The van der Waals surface area contributed by atoms with Gasteiger partial charge in [-0.25, -0.2) is 9.61 Å². The number of aryl methyl sites for hydroxylation is 1. The fraction of sp³-hybridized carbons (Fsp3) is 0.562. The van der Waals surface area contributed by atoms with E-state index in [0.29, 0.717) is 31.0 Å². The van der Waals surface area contributed by atoms with Crippen LogP contribution in [-0.4, -0.2) is 56.0 Å². The number of amides is 2. The topological polar surface area (TPSA) is 92.4 Å². The highest BCUT2D eigenvalue weighted by molar-refractivity contribution is 7.07. The van der Waals surface area contributed by atoms with Crippen molar-refractivity contribution < 1.29 is 14.2 Å². The van der Waals surface area contributed by atoms with E-state index < -0.39 is 0 Å². The van der Waals surface area contributed by atoms with Crippen LogP contribution in [0.1, 0.15) is 29.9 Å². The Balaban J connectivity index is 1.49. The molecule has 0 aliphatic carbocycles. The molecule has 132 valence electrons. The van der Waals surface area contributed by atoms with Gasteiger partial charge in [-0.2, -0.15) is 0 Å². The molecule has 25 heavy (non-hydrogen) atoms. The molecule has 0 radical (unpaired) electrons. The van der Waals surface area contributed by atoms with Crippen molar-refractivity contribution in [2.24, 2.45) is 5.92 Å². The van der Waals surface area contributed by atoms with E-state index in [0.717, 1.165) is 18.5 Å². The van der Waals surface area contributed by atoms with Gasteiger partial charge in [-0.3, -0.25) is 9.59 Å². The number of hydrogen-bond donors (Lipinski definition) is 0. The molecular weight excluding hydrogens is 342 g/mol.